The number of morpholine rings is 1. The van der Waals surface area contributed by atoms with Gasteiger partial charge in [0.25, 0.3) is 5.91 Å². The van der Waals surface area contributed by atoms with Gasteiger partial charge in [-0.15, -0.1) is 5.53 Å². The average molecular weight is 554 g/mol. The fourth-order valence-corrected chi connectivity index (χ4v) is 4.47. The van der Waals surface area contributed by atoms with E-state index >= 15 is 0 Å². The molecule has 9 nitrogen and oxygen atoms in total. The minimum atomic E-state index is -4.55. The van der Waals surface area contributed by atoms with Crippen molar-refractivity contribution in [1.29, 1.82) is 0 Å². The molecule has 0 saturated carbocycles. The second kappa shape index (κ2) is 11.9. The number of alkyl halides is 3. The van der Waals surface area contributed by atoms with Crippen molar-refractivity contribution in [2.24, 2.45) is 0 Å². The third kappa shape index (κ3) is 6.53. The predicted octanol–water partition coefficient (Wildman–Crippen LogP) is 4.23. The number of aryl methyl sites for hydroxylation is 1. The average Bonchev–Trinajstić information content (AvgIpc) is 3.45. The second-order valence-electron chi connectivity index (χ2n) is 9.49. The number of ether oxygens (including phenoxy) is 1. The van der Waals surface area contributed by atoms with E-state index in [1.165, 1.54) is 6.07 Å². The van der Waals surface area contributed by atoms with Crippen molar-refractivity contribution in [3.63, 3.8) is 0 Å². The highest BCUT2D eigenvalue weighted by Gasteiger charge is 2.31. The highest BCUT2D eigenvalue weighted by atomic mass is 19.4. The maximum atomic E-state index is 13.5. The molecule has 3 aromatic rings. The van der Waals surface area contributed by atoms with Gasteiger partial charge in [-0.3, -0.25) is 19.7 Å². The molecule has 12 heteroatoms. The van der Waals surface area contributed by atoms with Gasteiger partial charge in [-0.2, -0.15) is 13.2 Å². The summed E-state index contributed by atoms with van der Waals surface area (Å²) in [4.78, 5) is 19.6. The molecule has 0 spiro atoms. The molecule has 0 aliphatic carbocycles. The molecule has 1 fully saturated rings. The van der Waals surface area contributed by atoms with E-state index < -0.39 is 17.6 Å². The van der Waals surface area contributed by atoms with E-state index in [0.29, 0.717) is 43.2 Å². The maximum Gasteiger partial charge on any atom is 0.416 e. The zero-order chi connectivity index (χ0) is 28.1. The number of hydrogen-bond donors (Lipinski definition) is 4. The van der Waals surface area contributed by atoms with Crippen molar-refractivity contribution in [2.75, 3.05) is 55.0 Å². The number of rotatable bonds is 8. The number of anilines is 3. The molecule has 1 aromatic heterocycles. The molecule has 1 amide bonds. The van der Waals surface area contributed by atoms with Gasteiger partial charge in [0.05, 0.1) is 41.5 Å². The van der Waals surface area contributed by atoms with Crippen LogP contribution in [0.3, 0.4) is 0 Å². The van der Waals surface area contributed by atoms with Crippen LogP contribution in [0.1, 0.15) is 27.0 Å². The van der Waals surface area contributed by atoms with E-state index in [2.05, 4.69) is 31.5 Å². The van der Waals surface area contributed by atoms with Gasteiger partial charge < -0.3 is 20.8 Å². The molecule has 4 N–H and O–H groups in total. The molecule has 0 atom stereocenters. The molecule has 5 rings (SSSR count). The van der Waals surface area contributed by atoms with Crippen LogP contribution in [0.5, 0.6) is 0 Å². The number of aromatic nitrogens is 1. The second-order valence-corrected chi connectivity index (χ2v) is 9.49. The van der Waals surface area contributed by atoms with E-state index in [1.807, 2.05) is 25.3 Å². The monoisotopic (exact) mass is 553 g/mol. The summed E-state index contributed by atoms with van der Waals surface area (Å²) < 4.78 is 45.9. The van der Waals surface area contributed by atoms with E-state index in [0.717, 1.165) is 42.0 Å². The zero-order valence-electron chi connectivity index (χ0n) is 21.9. The number of nitrogens with zero attached hydrogens (tertiary/aromatic N) is 3. The van der Waals surface area contributed by atoms with Crippen molar-refractivity contribution in [3.8, 4) is 0 Å². The van der Waals surface area contributed by atoms with Gasteiger partial charge in [0.15, 0.2) is 0 Å². The fraction of sp³-hybridized carbons (Fsp3) is 0.286. The maximum absolute atomic E-state index is 13.5. The van der Waals surface area contributed by atoms with Gasteiger partial charge in [-0.05, 0) is 55.0 Å². The number of pyridine rings is 1. The fourth-order valence-electron chi connectivity index (χ4n) is 4.47. The van der Waals surface area contributed by atoms with Gasteiger partial charge >= 0.3 is 6.18 Å². The first-order valence-corrected chi connectivity index (χ1v) is 12.9. The largest absolute Gasteiger partial charge is 0.416 e. The van der Waals surface area contributed by atoms with Gasteiger partial charge in [0.1, 0.15) is 0 Å². The van der Waals surface area contributed by atoms with Crippen LogP contribution in [0, 0.1) is 6.92 Å². The minimum absolute atomic E-state index is 0.0589. The number of hydrogen-bond acceptors (Lipinski definition) is 8. The Kier molecular flexibility index (Phi) is 8.19. The Morgan fingerprint density at radius 2 is 1.93 bits per heavy atom. The molecular formula is C28H30F3N7O2. The summed E-state index contributed by atoms with van der Waals surface area (Å²) in [6, 6.07) is 12.2. The van der Waals surface area contributed by atoms with Crippen LogP contribution in [0.25, 0.3) is 5.70 Å². The molecule has 40 heavy (non-hydrogen) atoms. The topological polar surface area (TPSA) is 93.8 Å². The van der Waals surface area contributed by atoms with Crippen molar-refractivity contribution < 1.29 is 22.7 Å². The lowest BCUT2D eigenvalue weighted by molar-refractivity contribution is -0.137. The van der Waals surface area contributed by atoms with Crippen molar-refractivity contribution in [2.45, 2.75) is 13.1 Å². The van der Waals surface area contributed by atoms with Gasteiger partial charge in [0, 0.05) is 55.9 Å². The lowest BCUT2D eigenvalue weighted by atomic mass is 10.1. The molecular weight excluding hydrogens is 523 g/mol. The highest BCUT2D eigenvalue weighted by molar-refractivity contribution is 6.06. The van der Waals surface area contributed by atoms with E-state index in [1.54, 1.807) is 35.6 Å². The molecule has 0 radical (unpaired) electrons. The quantitative estimate of drug-likeness (QED) is 0.330. The summed E-state index contributed by atoms with van der Waals surface area (Å²) in [7, 11) is 0. The van der Waals surface area contributed by atoms with E-state index in [-0.39, 0.29) is 5.69 Å². The SMILES string of the molecule is Cc1ccc(C(=O)Nc2cc(C(F)(F)F)ccc2NCCN2CCOCC2)cc1N1C=C(c2cccnc2)NN1. The third-order valence-corrected chi connectivity index (χ3v) is 6.71. The van der Waals surface area contributed by atoms with Gasteiger partial charge in [-0.25, -0.2) is 0 Å². The Morgan fingerprint density at radius 3 is 2.67 bits per heavy atom. The number of amides is 1. The van der Waals surface area contributed by atoms with Crippen LogP contribution in [-0.4, -0.2) is 55.2 Å². The van der Waals surface area contributed by atoms with Crippen LogP contribution in [0.2, 0.25) is 0 Å². The van der Waals surface area contributed by atoms with Crippen molar-refractivity contribution >= 4 is 28.7 Å². The Bertz CT molecular complexity index is 1380. The molecule has 2 aliphatic heterocycles. The van der Waals surface area contributed by atoms with E-state index in [4.69, 9.17) is 4.74 Å². The first kappa shape index (κ1) is 27.4. The number of carbonyl (C=O) groups excluding carboxylic acids is 1. The summed E-state index contributed by atoms with van der Waals surface area (Å²) in [6.45, 7) is 6.01. The predicted molar refractivity (Wildman–Crippen MR) is 147 cm³/mol. The van der Waals surface area contributed by atoms with Crippen LogP contribution in [0.4, 0.5) is 30.2 Å². The number of hydrazine groups is 2. The Balaban J connectivity index is 1.34. The first-order chi connectivity index (χ1) is 19.3. The molecule has 210 valence electrons. The molecule has 3 heterocycles. The Hall–Kier alpha value is -4.13. The summed E-state index contributed by atoms with van der Waals surface area (Å²) in [6.07, 6.45) is 0.703. The van der Waals surface area contributed by atoms with Crippen LogP contribution < -0.4 is 26.6 Å². The summed E-state index contributed by atoms with van der Waals surface area (Å²) in [5, 5.41) is 7.60. The number of carbonyl (C=O) groups is 1. The number of benzene rings is 2. The molecule has 2 aliphatic rings. The number of halogens is 3. The molecule has 0 bridgehead atoms. The smallest absolute Gasteiger partial charge is 0.382 e. The normalized spacial score (nSPS) is 15.9. The van der Waals surface area contributed by atoms with Gasteiger partial charge in [0.2, 0.25) is 0 Å². The minimum Gasteiger partial charge on any atom is -0.382 e. The summed E-state index contributed by atoms with van der Waals surface area (Å²) in [5.74, 6) is -0.527. The van der Waals surface area contributed by atoms with Crippen LogP contribution >= 0.6 is 0 Å². The lowest BCUT2D eigenvalue weighted by Crippen LogP contribution is -2.39. The lowest BCUT2D eigenvalue weighted by Gasteiger charge is -2.27. The van der Waals surface area contributed by atoms with Crippen LogP contribution in [0.15, 0.2) is 67.1 Å². The summed E-state index contributed by atoms with van der Waals surface area (Å²) in [5.41, 5.74) is 9.31. The van der Waals surface area contributed by atoms with Crippen molar-refractivity contribution in [1.82, 2.24) is 20.8 Å². The van der Waals surface area contributed by atoms with Crippen LogP contribution in [-0.2, 0) is 10.9 Å². The first-order valence-electron chi connectivity index (χ1n) is 12.9. The number of nitrogens with one attached hydrogen (secondary N) is 4. The molecule has 1 saturated heterocycles. The van der Waals surface area contributed by atoms with Gasteiger partial charge in [-0.1, -0.05) is 6.07 Å². The Morgan fingerprint density at radius 1 is 1.10 bits per heavy atom. The third-order valence-electron chi connectivity index (χ3n) is 6.71. The zero-order valence-corrected chi connectivity index (χ0v) is 21.9. The van der Waals surface area contributed by atoms with E-state index in [9.17, 15) is 18.0 Å². The molecule has 2 aromatic carbocycles. The Labute approximate surface area is 230 Å². The summed E-state index contributed by atoms with van der Waals surface area (Å²) >= 11 is 0. The standard InChI is InChI=1S/C28H30F3N7O2/c1-19-4-5-20(15-26(19)38-18-25(35-36-38)21-3-2-8-32-17-21)27(39)34-24-16-22(28(29,30)31)6-7-23(24)33-9-10-37-11-13-40-14-12-37/h2-8,15-18,33,35-36H,9-14H2,1H3,(H,34,39). The highest BCUT2D eigenvalue weighted by Crippen LogP contribution is 2.34. The van der Waals surface area contributed by atoms with Crippen molar-refractivity contribution in [3.05, 3.63) is 89.4 Å². The molecule has 0 unspecified atom stereocenters.